The number of carboxylic acids is 1. The number of nitrogens with zero attached hydrogens (tertiary/aromatic N) is 1. The lowest BCUT2D eigenvalue weighted by Gasteiger charge is -2.22. The zero-order valence-electron chi connectivity index (χ0n) is 11.2. The van der Waals surface area contributed by atoms with Crippen molar-refractivity contribution in [1.29, 1.82) is 0 Å². The van der Waals surface area contributed by atoms with Gasteiger partial charge in [-0.3, -0.25) is 0 Å². The van der Waals surface area contributed by atoms with Gasteiger partial charge >= 0.3 is 5.97 Å². The van der Waals surface area contributed by atoms with Gasteiger partial charge in [-0.2, -0.15) is 0 Å². The van der Waals surface area contributed by atoms with Crippen molar-refractivity contribution >= 4 is 17.6 Å². The van der Waals surface area contributed by atoms with E-state index in [1.54, 1.807) is 6.07 Å². The Balaban J connectivity index is 2.16. The molecular formula is C14H12ClNO5. The minimum atomic E-state index is -1.15. The van der Waals surface area contributed by atoms with Gasteiger partial charge < -0.3 is 19.1 Å². The SMILES string of the molecule is CCc1c(-c2cc(C(=O)O)no2)cc2c(c1Cl)OCCO2. The lowest BCUT2D eigenvalue weighted by atomic mass is 10.0. The molecule has 2 heterocycles. The molecule has 1 N–H and O–H groups in total. The molecule has 0 amide bonds. The van der Waals surface area contributed by atoms with E-state index in [0.717, 1.165) is 5.56 Å². The maximum atomic E-state index is 10.9. The summed E-state index contributed by atoms with van der Waals surface area (Å²) in [5.74, 6) is 0.225. The van der Waals surface area contributed by atoms with Crippen LogP contribution in [0.4, 0.5) is 0 Å². The largest absolute Gasteiger partial charge is 0.486 e. The average Bonchev–Trinajstić information content (AvgIpc) is 2.97. The van der Waals surface area contributed by atoms with E-state index in [1.165, 1.54) is 6.07 Å². The number of fused-ring (bicyclic) bond motifs is 1. The van der Waals surface area contributed by atoms with Crippen LogP contribution in [0.5, 0.6) is 11.5 Å². The van der Waals surface area contributed by atoms with Crippen molar-refractivity contribution in [3.8, 4) is 22.8 Å². The van der Waals surface area contributed by atoms with Crippen LogP contribution in [-0.2, 0) is 6.42 Å². The second-order valence-corrected chi connectivity index (χ2v) is 4.85. The van der Waals surface area contributed by atoms with Crippen molar-refractivity contribution in [3.63, 3.8) is 0 Å². The Kier molecular flexibility index (Phi) is 3.47. The molecule has 0 atom stereocenters. The number of carboxylic acid groups (broad SMARTS) is 1. The first-order valence-electron chi connectivity index (χ1n) is 6.43. The highest BCUT2D eigenvalue weighted by Crippen LogP contribution is 2.44. The summed E-state index contributed by atoms with van der Waals surface area (Å²) < 4.78 is 16.2. The summed E-state index contributed by atoms with van der Waals surface area (Å²) in [6.45, 7) is 2.82. The van der Waals surface area contributed by atoms with E-state index in [-0.39, 0.29) is 5.69 Å². The molecule has 21 heavy (non-hydrogen) atoms. The summed E-state index contributed by atoms with van der Waals surface area (Å²) in [7, 11) is 0. The summed E-state index contributed by atoms with van der Waals surface area (Å²) in [4.78, 5) is 10.9. The Labute approximate surface area is 125 Å². The number of hydrogen-bond acceptors (Lipinski definition) is 5. The number of aromatic nitrogens is 1. The van der Waals surface area contributed by atoms with E-state index in [9.17, 15) is 4.79 Å². The van der Waals surface area contributed by atoms with Gasteiger partial charge in [0.1, 0.15) is 13.2 Å². The zero-order chi connectivity index (χ0) is 15.0. The van der Waals surface area contributed by atoms with Gasteiger partial charge in [0, 0.05) is 11.6 Å². The third-order valence-corrected chi connectivity index (χ3v) is 3.62. The van der Waals surface area contributed by atoms with E-state index in [4.69, 9.17) is 30.7 Å². The van der Waals surface area contributed by atoms with Crippen LogP contribution in [-0.4, -0.2) is 29.4 Å². The molecule has 0 radical (unpaired) electrons. The maximum absolute atomic E-state index is 10.9. The molecule has 1 aliphatic rings. The molecule has 7 heteroatoms. The lowest BCUT2D eigenvalue weighted by Crippen LogP contribution is -2.16. The smallest absolute Gasteiger partial charge is 0.358 e. The van der Waals surface area contributed by atoms with E-state index >= 15 is 0 Å². The standard InChI is InChI=1S/C14H12ClNO5/c1-2-7-8(10-6-9(14(17)18)16-21-10)5-11-13(12(7)15)20-4-3-19-11/h5-6H,2-4H2,1H3,(H,17,18). The van der Waals surface area contributed by atoms with Crippen LogP contribution in [0, 0.1) is 0 Å². The van der Waals surface area contributed by atoms with Crippen molar-refractivity contribution in [2.24, 2.45) is 0 Å². The van der Waals surface area contributed by atoms with E-state index in [2.05, 4.69) is 5.16 Å². The van der Waals surface area contributed by atoms with Gasteiger partial charge in [-0.25, -0.2) is 4.79 Å². The quantitative estimate of drug-likeness (QED) is 0.938. The second kappa shape index (κ2) is 5.29. The molecule has 0 unspecified atom stereocenters. The monoisotopic (exact) mass is 309 g/mol. The molecule has 110 valence electrons. The number of hydrogen-bond donors (Lipinski definition) is 1. The van der Waals surface area contributed by atoms with Gasteiger partial charge in [-0.15, -0.1) is 0 Å². The second-order valence-electron chi connectivity index (χ2n) is 4.48. The highest BCUT2D eigenvalue weighted by molar-refractivity contribution is 6.33. The lowest BCUT2D eigenvalue weighted by molar-refractivity contribution is 0.0686. The van der Waals surface area contributed by atoms with Crippen molar-refractivity contribution in [3.05, 3.63) is 28.4 Å². The molecule has 1 aliphatic heterocycles. The van der Waals surface area contributed by atoms with E-state index in [0.29, 0.717) is 47.5 Å². The van der Waals surface area contributed by atoms with Crippen LogP contribution >= 0.6 is 11.6 Å². The molecule has 0 aliphatic carbocycles. The fourth-order valence-corrected chi connectivity index (χ4v) is 2.64. The van der Waals surface area contributed by atoms with Gasteiger partial charge in [0.15, 0.2) is 23.0 Å². The predicted molar refractivity (Wildman–Crippen MR) is 74.3 cm³/mol. The third-order valence-electron chi connectivity index (χ3n) is 3.22. The summed E-state index contributed by atoms with van der Waals surface area (Å²) in [5, 5.41) is 12.9. The summed E-state index contributed by atoms with van der Waals surface area (Å²) in [5.41, 5.74) is 1.30. The molecular weight excluding hydrogens is 298 g/mol. The van der Waals surface area contributed by atoms with Gasteiger partial charge in [0.2, 0.25) is 0 Å². The van der Waals surface area contributed by atoms with Crippen molar-refractivity contribution in [2.75, 3.05) is 13.2 Å². The minimum Gasteiger partial charge on any atom is -0.486 e. The van der Waals surface area contributed by atoms with Crippen LogP contribution < -0.4 is 9.47 Å². The molecule has 3 rings (SSSR count). The van der Waals surface area contributed by atoms with Gasteiger partial charge in [-0.05, 0) is 18.1 Å². The Hall–Kier alpha value is -2.21. The number of carbonyl (C=O) groups is 1. The average molecular weight is 310 g/mol. The maximum Gasteiger partial charge on any atom is 0.358 e. The zero-order valence-corrected chi connectivity index (χ0v) is 11.9. The molecule has 0 spiro atoms. The third kappa shape index (κ3) is 2.31. The normalized spacial score (nSPS) is 13.2. The fourth-order valence-electron chi connectivity index (χ4n) is 2.25. The summed E-state index contributed by atoms with van der Waals surface area (Å²) >= 11 is 6.37. The Morgan fingerprint density at radius 1 is 1.38 bits per heavy atom. The van der Waals surface area contributed by atoms with Crippen LogP contribution in [0.25, 0.3) is 11.3 Å². The Morgan fingerprint density at radius 3 is 2.81 bits per heavy atom. The number of halogens is 1. The van der Waals surface area contributed by atoms with E-state index in [1.807, 2.05) is 6.92 Å². The molecule has 0 fully saturated rings. The number of aromatic carboxylic acids is 1. The Morgan fingerprint density at radius 2 is 2.14 bits per heavy atom. The molecule has 1 aromatic heterocycles. The number of ether oxygens (including phenoxy) is 2. The van der Waals surface area contributed by atoms with Gasteiger partial charge in [0.05, 0.1) is 5.02 Å². The number of benzene rings is 1. The highest BCUT2D eigenvalue weighted by Gasteiger charge is 2.24. The van der Waals surface area contributed by atoms with Crippen LogP contribution in [0.2, 0.25) is 5.02 Å². The topological polar surface area (TPSA) is 81.8 Å². The van der Waals surface area contributed by atoms with Crippen LogP contribution in [0.3, 0.4) is 0 Å². The van der Waals surface area contributed by atoms with Crippen LogP contribution in [0.1, 0.15) is 23.0 Å². The molecule has 0 saturated heterocycles. The molecule has 0 bridgehead atoms. The predicted octanol–water partition coefficient (Wildman–Crippen LogP) is 3.03. The molecule has 2 aromatic rings. The number of rotatable bonds is 3. The van der Waals surface area contributed by atoms with Gasteiger partial charge in [0.25, 0.3) is 0 Å². The van der Waals surface area contributed by atoms with Crippen LogP contribution in [0.15, 0.2) is 16.7 Å². The first-order valence-corrected chi connectivity index (χ1v) is 6.81. The van der Waals surface area contributed by atoms with Crippen molar-refractivity contribution in [2.45, 2.75) is 13.3 Å². The first-order chi connectivity index (χ1) is 10.1. The summed E-state index contributed by atoms with van der Waals surface area (Å²) in [6.07, 6.45) is 0.633. The molecule has 1 aromatic carbocycles. The minimum absolute atomic E-state index is 0.155. The van der Waals surface area contributed by atoms with Crippen molar-refractivity contribution in [1.82, 2.24) is 5.16 Å². The Bertz CT molecular complexity index is 710. The molecule has 0 saturated carbocycles. The van der Waals surface area contributed by atoms with E-state index < -0.39 is 5.97 Å². The summed E-state index contributed by atoms with van der Waals surface area (Å²) in [6, 6.07) is 3.11. The first kappa shape index (κ1) is 13.8. The van der Waals surface area contributed by atoms with Gasteiger partial charge in [-0.1, -0.05) is 23.7 Å². The highest BCUT2D eigenvalue weighted by atomic mass is 35.5. The van der Waals surface area contributed by atoms with Crippen molar-refractivity contribution < 1.29 is 23.9 Å². The fraction of sp³-hybridized carbons (Fsp3) is 0.286. The molecule has 6 nitrogen and oxygen atoms in total.